The van der Waals surface area contributed by atoms with Gasteiger partial charge in [0, 0.05) is 21.9 Å². The second-order valence-corrected chi connectivity index (χ2v) is 4.73. The second kappa shape index (κ2) is 4.35. The number of nitrogens with one attached hydrogen (secondary N) is 1. The van der Waals surface area contributed by atoms with E-state index in [4.69, 9.17) is 11.0 Å². The lowest BCUT2D eigenvalue weighted by Crippen LogP contribution is -2.38. The third-order valence-corrected chi connectivity index (χ3v) is 3.69. The Morgan fingerprint density at radius 2 is 1.89 bits per heavy atom. The van der Waals surface area contributed by atoms with Crippen LogP contribution in [0.3, 0.4) is 0 Å². The summed E-state index contributed by atoms with van der Waals surface area (Å²) in [7, 11) is 0. The zero-order chi connectivity index (χ0) is 13.5. The van der Waals surface area contributed by atoms with Crippen LogP contribution in [0.1, 0.15) is 18.9 Å². The predicted molar refractivity (Wildman–Crippen MR) is 75.7 cm³/mol. The van der Waals surface area contributed by atoms with E-state index in [0.29, 0.717) is 6.42 Å². The van der Waals surface area contributed by atoms with Gasteiger partial charge >= 0.3 is 0 Å². The number of fused-ring (bicyclic) bond motifs is 3. The molecule has 3 rings (SSSR count). The smallest absolute Gasteiger partial charge is 0.178 e. The number of aromatic nitrogens is 1. The Hall–Kier alpha value is -1.88. The van der Waals surface area contributed by atoms with Crippen molar-refractivity contribution in [3.05, 3.63) is 48.0 Å². The molecule has 98 valence electrons. The maximum absolute atomic E-state index is 9.13. The van der Waals surface area contributed by atoms with Crippen LogP contribution < -0.4 is 5.73 Å². The molecule has 3 aromatic rings. The first-order valence-electron chi connectivity index (χ1n) is 6.31. The quantitative estimate of drug-likeness (QED) is 0.382. The summed E-state index contributed by atoms with van der Waals surface area (Å²) in [4.78, 5) is 7.88. The Kier molecular flexibility index (Phi) is 2.78. The molecule has 0 bridgehead atoms. The van der Waals surface area contributed by atoms with Gasteiger partial charge in [-0.3, -0.25) is 5.73 Å². The number of aromatic amines is 1. The van der Waals surface area contributed by atoms with Gasteiger partial charge in [-0.15, -0.1) is 0 Å². The fourth-order valence-electron chi connectivity index (χ4n) is 2.53. The molecule has 0 aliphatic heterocycles. The van der Waals surface area contributed by atoms with Gasteiger partial charge in [0.1, 0.15) is 0 Å². The van der Waals surface area contributed by atoms with Crippen LogP contribution in [-0.2, 0) is 10.6 Å². The zero-order valence-electron chi connectivity index (χ0n) is 10.7. The third-order valence-electron chi connectivity index (χ3n) is 3.69. The molecular weight excluding hydrogens is 240 g/mol. The highest BCUT2D eigenvalue weighted by atomic mass is 17.1. The first-order valence-corrected chi connectivity index (χ1v) is 6.31. The maximum atomic E-state index is 9.13. The lowest BCUT2D eigenvalue weighted by atomic mass is 9.98. The fraction of sp³-hybridized carbons (Fsp3) is 0.200. The minimum absolute atomic E-state index is 0.470. The maximum Gasteiger partial charge on any atom is 0.178 e. The Labute approximate surface area is 110 Å². The molecule has 19 heavy (non-hydrogen) atoms. The second-order valence-electron chi connectivity index (χ2n) is 4.73. The minimum atomic E-state index is -1.19. The Morgan fingerprint density at radius 3 is 2.63 bits per heavy atom. The van der Waals surface area contributed by atoms with Gasteiger partial charge in [-0.2, -0.15) is 0 Å². The molecule has 0 radical (unpaired) electrons. The molecule has 1 atom stereocenters. The molecule has 0 amide bonds. The van der Waals surface area contributed by atoms with E-state index in [-0.39, 0.29) is 0 Å². The molecule has 2 aromatic carbocycles. The van der Waals surface area contributed by atoms with Crippen molar-refractivity contribution < 1.29 is 10.1 Å². The normalized spacial score (nSPS) is 14.9. The fourth-order valence-corrected chi connectivity index (χ4v) is 2.53. The SMILES string of the molecule is CCC(N)(OO)c1cccc2c1[nH]c1ccccc12. The van der Waals surface area contributed by atoms with Crippen molar-refractivity contribution in [1.82, 2.24) is 4.98 Å². The van der Waals surface area contributed by atoms with E-state index in [1.54, 1.807) is 0 Å². The molecule has 4 N–H and O–H groups in total. The number of nitrogens with two attached hydrogens (primary N) is 1. The molecular formula is C15H16N2O2. The van der Waals surface area contributed by atoms with Gasteiger partial charge in [-0.25, -0.2) is 10.1 Å². The summed E-state index contributed by atoms with van der Waals surface area (Å²) >= 11 is 0. The van der Waals surface area contributed by atoms with Gasteiger partial charge in [0.15, 0.2) is 5.72 Å². The molecule has 0 saturated heterocycles. The van der Waals surface area contributed by atoms with E-state index in [1.807, 2.05) is 43.3 Å². The summed E-state index contributed by atoms with van der Waals surface area (Å²) in [6.45, 7) is 1.87. The zero-order valence-corrected chi connectivity index (χ0v) is 10.7. The standard InChI is InChI=1S/C15H16N2O2/c1-2-15(16,19-18)12-8-5-7-11-10-6-3-4-9-13(10)17-14(11)12/h3-9,17-18H,2,16H2,1H3. The number of hydrogen-bond donors (Lipinski definition) is 3. The summed E-state index contributed by atoms with van der Waals surface area (Å²) in [6.07, 6.45) is 0.470. The molecule has 1 heterocycles. The monoisotopic (exact) mass is 256 g/mol. The lowest BCUT2D eigenvalue weighted by molar-refractivity contribution is -0.328. The first kappa shape index (κ1) is 12.2. The average molecular weight is 256 g/mol. The van der Waals surface area contributed by atoms with Crippen LogP contribution in [0.15, 0.2) is 42.5 Å². The number of hydrogen-bond acceptors (Lipinski definition) is 3. The summed E-state index contributed by atoms with van der Waals surface area (Å²) < 4.78 is 0. The van der Waals surface area contributed by atoms with Crippen molar-refractivity contribution >= 4 is 21.8 Å². The van der Waals surface area contributed by atoms with Crippen molar-refractivity contribution in [2.24, 2.45) is 5.73 Å². The topological polar surface area (TPSA) is 71.3 Å². The summed E-state index contributed by atoms with van der Waals surface area (Å²) in [5.74, 6) is 0. The Morgan fingerprint density at radius 1 is 1.16 bits per heavy atom. The molecule has 4 nitrogen and oxygen atoms in total. The molecule has 1 aromatic heterocycles. The Balaban J connectivity index is 2.38. The number of para-hydroxylation sites is 2. The van der Waals surface area contributed by atoms with E-state index in [9.17, 15) is 0 Å². The van der Waals surface area contributed by atoms with E-state index < -0.39 is 5.72 Å². The van der Waals surface area contributed by atoms with Crippen LogP contribution >= 0.6 is 0 Å². The third kappa shape index (κ3) is 1.73. The first-order chi connectivity index (χ1) is 9.19. The number of rotatable bonds is 3. The molecule has 0 aliphatic rings. The largest absolute Gasteiger partial charge is 0.354 e. The minimum Gasteiger partial charge on any atom is -0.354 e. The predicted octanol–water partition coefficient (Wildman–Crippen LogP) is 3.33. The van der Waals surface area contributed by atoms with Gasteiger partial charge in [0.05, 0.1) is 5.52 Å². The van der Waals surface area contributed by atoms with Crippen molar-refractivity contribution in [2.75, 3.05) is 0 Å². The lowest BCUT2D eigenvalue weighted by Gasteiger charge is -2.25. The Bertz CT molecular complexity index is 729. The van der Waals surface area contributed by atoms with Crippen LogP contribution in [-0.4, -0.2) is 10.2 Å². The molecule has 0 aliphatic carbocycles. The number of benzene rings is 2. The van der Waals surface area contributed by atoms with Gasteiger partial charge in [-0.05, 0) is 12.5 Å². The van der Waals surface area contributed by atoms with E-state index in [0.717, 1.165) is 27.4 Å². The number of H-pyrrole nitrogens is 1. The highest BCUT2D eigenvalue weighted by Crippen LogP contribution is 2.33. The van der Waals surface area contributed by atoms with Crippen molar-refractivity contribution in [2.45, 2.75) is 19.1 Å². The van der Waals surface area contributed by atoms with Crippen LogP contribution in [0.2, 0.25) is 0 Å². The summed E-state index contributed by atoms with van der Waals surface area (Å²) in [5.41, 5.74) is 7.62. The van der Waals surface area contributed by atoms with Crippen LogP contribution in [0.25, 0.3) is 21.8 Å². The van der Waals surface area contributed by atoms with Crippen LogP contribution in [0.5, 0.6) is 0 Å². The van der Waals surface area contributed by atoms with Crippen LogP contribution in [0.4, 0.5) is 0 Å². The summed E-state index contributed by atoms with van der Waals surface area (Å²) in [6, 6.07) is 13.9. The van der Waals surface area contributed by atoms with Gasteiger partial charge in [-0.1, -0.05) is 43.3 Å². The summed E-state index contributed by atoms with van der Waals surface area (Å²) in [5, 5.41) is 11.3. The van der Waals surface area contributed by atoms with E-state index in [2.05, 4.69) is 15.9 Å². The van der Waals surface area contributed by atoms with Crippen molar-refractivity contribution in [3.63, 3.8) is 0 Å². The average Bonchev–Trinajstić information content (AvgIpc) is 2.85. The van der Waals surface area contributed by atoms with Gasteiger partial charge < -0.3 is 4.98 Å². The van der Waals surface area contributed by atoms with Gasteiger partial charge in [0.25, 0.3) is 0 Å². The molecule has 4 heteroatoms. The van der Waals surface area contributed by atoms with E-state index in [1.165, 1.54) is 0 Å². The highest BCUT2D eigenvalue weighted by Gasteiger charge is 2.29. The molecule has 0 saturated carbocycles. The van der Waals surface area contributed by atoms with Gasteiger partial charge in [0.2, 0.25) is 0 Å². The molecule has 0 fully saturated rings. The molecule has 1 unspecified atom stereocenters. The molecule has 0 spiro atoms. The van der Waals surface area contributed by atoms with Crippen molar-refractivity contribution in [3.8, 4) is 0 Å². The van der Waals surface area contributed by atoms with E-state index >= 15 is 0 Å². The van der Waals surface area contributed by atoms with Crippen molar-refractivity contribution in [1.29, 1.82) is 0 Å². The highest BCUT2D eigenvalue weighted by molar-refractivity contribution is 6.08. The van der Waals surface area contributed by atoms with Crippen LogP contribution in [0, 0.1) is 0 Å².